The Morgan fingerprint density at radius 1 is 1.27 bits per heavy atom. The zero-order chi connectivity index (χ0) is 15.7. The maximum Gasteiger partial charge on any atom is 0.0749 e. The van der Waals surface area contributed by atoms with E-state index in [4.69, 9.17) is 28.9 Å². The van der Waals surface area contributed by atoms with E-state index in [9.17, 15) is 5.11 Å². The average Bonchev–Trinajstić information content (AvgIpc) is 3.05. The molecule has 5 atom stereocenters. The van der Waals surface area contributed by atoms with Crippen LogP contribution in [0, 0.1) is 11.8 Å². The van der Waals surface area contributed by atoms with Crippen molar-refractivity contribution in [1.29, 1.82) is 0 Å². The summed E-state index contributed by atoms with van der Waals surface area (Å²) < 4.78 is 0. The van der Waals surface area contributed by atoms with E-state index in [-0.39, 0.29) is 22.7 Å². The highest BCUT2D eigenvalue weighted by Crippen LogP contribution is 2.37. The Hall–Kier alpha value is -0.490. The van der Waals surface area contributed by atoms with Gasteiger partial charge in [0.2, 0.25) is 0 Å². The second-order valence-electron chi connectivity index (χ2n) is 6.59. The van der Waals surface area contributed by atoms with E-state index in [1.807, 2.05) is 12.4 Å². The molecule has 1 aromatic heterocycles. The van der Waals surface area contributed by atoms with Crippen molar-refractivity contribution >= 4 is 28.9 Å². The summed E-state index contributed by atoms with van der Waals surface area (Å²) >= 11 is 12.4. The number of H-pyrrole nitrogens is 1. The lowest BCUT2D eigenvalue weighted by Gasteiger charge is -2.42. The van der Waals surface area contributed by atoms with Gasteiger partial charge in [0.05, 0.1) is 28.7 Å². The van der Waals surface area contributed by atoms with Crippen LogP contribution in [0.4, 0.5) is 5.69 Å². The molecule has 1 aliphatic heterocycles. The number of aliphatic hydroxyl groups excluding tert-OH is 1. The standard InChI is InChI=1S/C15H24Cl2N4O/c16-12-5-11(14(22)6-13(12)17)15(18)9-1-3-21(4-2-9)10-7-19-20-8-10/h7-9,11-15,22H,1-6,18H2,(H,19,20)/t11?,12?,13?,14?,15-/m1/s1. The second kappa shape index (κ2) is 6.95. The third kappa shape index (κ3) is 3.37. The first kappa shape index (κ1) is 16.4. The lowest BCUT2D eigenvalue weighted by atomic mass is 9.74. The van der Waals surface area contributed by atoms with Crippen molar-refractivity contribution < 1.29 is 5.11 Å². The Bertz CT molecular complexity index is 464. The molecule has 7 heteroatoms. The molecular weight excluding hydrogens is 323 g/mol. The van der Waals surface area contributed by atoms with Crippen LogP contribution in [-0.2, 0) is 0 Å². The predicted octanol–water partition coefficient (Wildman–Crippen LogP) is 1.94. The molecule has 1 aromatic rings. The molecule has 2 aliphatic rings. The normalized spacial score (nSPS) is 35.5. The fraction of sp³-hybridized carbons (Fsp3) is 0.800. The Kier molecular flexibility index (Phi) is 5.17. The molecule has 0 aromatic carbocycles. The Morgan fingerprint density at radius 3 is 2.59 bits per heavy atom. The third-order valence-corrected chi connectivity index (χ3v) is 6.37. The van der Waals surface area contributed by atoms with Gasteiger partial charge in [0.1, 0.15) is 0 Å². The van der Waals surface area contributed by atoms with Crippen molar-refractivity contribution in [3.8, 4) is 0 Å². The van der Waals surface area contributed by atoms with Crippen molar-refractivity contribution in [2.75, 3.05) is 18.0 Å². The van der Waals surface area contributed by atoms with Gasteiger partial charge in [0, 0.05) is 31.2 Å². The predicted molar refractivity (Wildman–Crippen MR) is 89.5 cm³/mol. The van der Waals surface area contributed by atoms with E-state index < -0.39 is 6.10 Å². The molecule has 0 bridgehead atoms. The van der Waals surface area contributed by atoms with Crippen molar-refractivity contribution in [3.05, 3.63) is 12.4 Å². The van der Waals surface area contributed by atoms with Gasteiger partial charge in [-0.3, -0.25) is 5.10 Å². The van der Waals surface area contributed by atoms with Crippen LogP contribution in [0.25, 0.3) is 0 Å². The number of halogens is 2. The Morgan fingerprint density at radius 2 is 1.95 bits per heavy atom. The highest BCUT2D eigenvalue weighted by atomic mass is 35.5. The first-order chi connectivity index (χ1) is 10.6. The van der Waals surface area contributed by atoms with Gasteiger partial charge in [-0.15, -0.1) is 23.2 Å². The molecule has 1 saturated heterocycles. The van der Waals surface area contributed by atoms with Gasteiger partial charge in [-0.1, -0.05) is 0 Å². The smallest absolute Gasteiger partial charge is 0.0749 e. The maximum absolute atomic E-state index is 10.3. The van der Waals surface area contributed by atoms with Crippen LogP contribution in [0.15, 0.2) is 12.4 Å². The van der Waals surface area contributed by atoms with E-state index in [1.54, 1.807) is 0 Å². The fourth-order valence-electron chi connectivity index (χ4n) is 3.84. The van der Waals surface area contributed by atoms with Crippen molar-refractivity contribution in [3.63, 3.8) is 0 Å². The van der Waals surface area contributed by atoms with Gasteiger partial charge in [-0.2, -0.15) is 5.10 Å². The summed E-state index contributed by atoms with van der Waals surface area (Å²) in [5, 5.41) is 16.9. The van der Waals surface area contributed by atoms with E-state index in [0.717, 1.165) is 31.6 Å². The highest BCUT2D eigenvalue weighted by molar-refractivity contribution is 6.30. The van der Waals surface area contributed by atoms with Gasteiger partial charge >= 0.3 is 0 Å². The van der Waals surface area contributed by atoms with Crippen molar-refractivity contribution in [2.24, 2.45) is 17.6 Å². The van der Waals surface area contributed by atoms with E-state index in [1.165, 1.54) is 0 Å². The third-order valence-electron chi connectivity index (χ3n) is 5.28. The SMILES string of the molecule is N[C@H](C1CCN(c2cn[nH]c2)CC1)C1CC(Cl)C(Cl)CC1O. The Labute approximate surface area is 141 Å². The van der Waals surface area contributed by atoms with Gasteiger partial charge in [-0.05, 0) is 31.6 Å². The van der Waals surface area contributed by atoms with Crippen LogP contribution in [0.1, 0.15) is 25.7 Å². The topological polar surface area (TPSA) is 78.2 Å². The molecule has 2 fully saturated rings. The maximum atomic E-state index is 10.3. The zero-order valence-corrected chi connectivity index (χ0v) is 14.0. The average molecular weight is 347 g/mol. The van der Waals surface area contributed by atoms with E-state index >= 15 is 0 Å². The van der Waals surface area contributed by atoms with Gasteiger partial charge in [0.25, 0.3) is 0 Å². The minimum atomic E-state index is -0.431. The minimum absolute atomic E-state index is 0.00748. The number of nitrogens with two attached hydrogens (primary N) is 1. The summed E-state index contributed by atoms with van der Waals surface area (Å²) in [6, 6.07) is -0.00748. The molecule has 5 nitrogen and oxygen atoms in total. The quantitative estimate of drug-likeness (QED) is 0.731. The van der Waals surface area contributed by atoms with Gasteiger partial charge < -0.3 is 15.7 Å². The monoisotopic (exact) mass is 346 g/mol. The number of hydrogen-bond acceptors (Lipinski definition) is 4. The number of alkyl halides is 2. The van der Waals surface area contributed by atoms with Crippen LogP contribution in [-0.4, -0.2) is 51.3 Å². The molecule has 22 heavy (non-hydrogen) atoms. The number of nitrogens with one attached hydrogen (secondary N) is 1. The summed E-state index contributed by atoms with van der Waals surface area (Å²) in [6.07, 6.45) is 6.66. The number of aromatic nitrogens is 2. The second-order valence-corrected chi connectivity index (χ2v) is 7.71. The van der Waals surface area contributed by atoms with Crippen LogP contribution in [0.3, 0.4) is 0 Å². The lowest BCUT2D eigenvalue weighted by Crippen LogP contribution is -2.51. The molecule has 124 valence electrons. The van der Waals surface area contributed by atoms with Crippen LogP contribution in [0.5, 0.6) is 0 Å². The van der Waals surface area contributed by atoms with Crippen LogP contribution >= 0.6 is 23.2 Å². The molecular formula is C15H24Cl2N4O. The van der Waals surface area contributed by atoms with Crippen molar-refractivity contribution in [1.82, 2.24) is 10.2 Å². The molecule has 3 rings (SSSR count). The first-order valence-corrected chi connectivity index (χ1v) is 8.89. The number of hydrogen-bond donors (Lipinski definition) is 3. The number of anilines is 1. The number of rotatable bonds is 3. The molecule has 4 unspecified atom stereocenters. The van der Waals surface area contributed by atoms with E-state index in [2.05, 4.69) is 15.1 Å². The van der Waals surface area contributed by atoms with Crippen LogP contribution < -0.4 is 10.6 Å². The largest absolute Gasteiger partial charge is 0.393 e. The summed E-state index contributed by atoms with van der Waals surface area (Å²) in [4.78, 5) is 2.32. The van der Waals surface area contributed by atoms with Gasteiger partial charge in [0.15, 0.2) is 0 Å². The number of piperidine rings is 1. The minimum Gasteiger partial charge on any atom is -0.393 e. The molecule has 1 saturated carbocycles. The molecule has 0 radical (unpaired) electrons. The first-order valence-electron chi connectivity index (χ1n) is 8.01. The number of nitrogens with zero attached hydrogens (tertiary/aromatic N) is 2. The summed E-state index contributed by atoms with van der Waals surface area (Å²) in [6.45, 7) is 1.95. The van der Waals surface area contributed by atoms with Crippen molar-refractivity contribution in [2.45, 2.75) is 48.6 Å². The summed E-state index contributed by atoms with van der Waals surface area (Å²) in [5.41, 5.74) is 7.62. The summed E-state index contributed by atoms with van der Waals surface area (Å²) in [5.74, 6) is 0.488. The molecule has 2 heterocycles. The molecule has 4 N–H and O–H groups in total. The Balaban J connectivity index is 1.56. The fourth-order valence-corrected chi connectivity index (χ4v) is 4.43. The molecule has 0 amide bonds. The van der Waals surface area contributed by atoms with E-state index in [0.29, 0.717) is 18.8 Å². The molecule has 1 aliphatic carbocycles. The lowest BCUT2D eigenvalue weighted by molar-refractivity contribution is 0.0435. The van der Waals surface area contributed by atoms with Crippen LogP contribution in [0.2, 0.25) is 0 Å². The summed E-state index contributed by atoms with van der Waals surface area (Å²) in [7, 11) is 0. The number of aliphatic hydroxyl groups is 1. The number of aromatic amines is 1. The zero-order valence-electron chi connectivity index (χ0n) is 12.5. The molecule has 0 spiro atoms. The van der Waals surface area contributed by atoms with Gasteiger partial charge in [-0.25, -0.2) is 0 Å². The highest BCUT2D eigenvalue weighted by Gasteiger charge is 2.40.